The van der Waals surface area contributed by atoms with E-state index in [-0.39, 0.29) is 25.8 Å². The maximum Gasteiger partial charge on any atom is 0.408 e. The quantitative estimate of drug-likeness (QED) is 0.399. The molecule has 2 aromatic rings. The Morgan fingerprint density at radius 3 is 2.32 bits per heavy atom. The van der Waals surface area contributed by atoms with Crippen molar-refractivity contribution in [3.8, 4) is 0 Å². The minimum absolute atomic E-state index is 0.104. The summed E-state index contributed by atoms with van der Waals surface area (Å²) >= 11 is 6.26. The average molecular weight is 515 g/mol. The maximum atomic E-state index is 13.2. The third kappa shape index (κ3) is 7.94. The molecule has 9 nitrogen and oxygen atoms in total. The molecule has 34 heavy (non-hydrogen) atoms. The fourth-order valence-electron chi connectivity index (χ4n) is 3.28. The van der Waals surface area contributed by atoms with E-state index in [0.717, 1.165) is 10.9 Å². The first-order valence-electron chi connectivity index (χ1n) is 11.0. The number of fused-ring (bicyclic) bond motifs is 1. The smallest absolute Gasteiger partial charge is 0.408 e. The molecule has 0 fully saturated rings. The monoisotopic (exact) mass is 514 g/mol. The van der Waals surface area contributed by atoms with Crippen LogP contribution >= 0.6 is 19.2 Å². The Hall–Kier alpha value is -2.19. The van der Waals surface area contributed by atoms with Crippen molar-refractivity contribution < 1.29 is 33.0 Å². The number of amides is 1. The normalized spacial score (nSPS) is 13.0. The Labute approximate surface area is 204 Å². The van der Waals surface area contributed by atoms with E-state index in [1.165, 1.54) is 0 Å². The van der Waals surface area contributed by atoms with Crippen molar-refractivity contribution in [2.45, 2.75) is 65.8 Å². The van der Waals surface area contributed by atoms with Crippen LogP contribution in [-0.4, -0.2) is 47.0 Å². The molecule has 1 heterocycles. The molecular weight excluding hydrogens is 483 g/mol. The Morgan fingerprint density at radius 2 is 1.79 bits per heavy atom. The number of aromatic nitrogens is 1. The molecule has 11 heteroatoms. The van der Waals surface area contributed by atoms with Crippen molar-refractivity contribution >= 4 is 42.2 Å². The summed E-state index contributed by atoms with van der Waals surface area (Å²) < 4.78 is 29.3. The van der Waals surface area contributed by atoms with Gasteiger partial charge in [-0.15, -0.1) is 0 Å². The van der Waals surface area contributed by atoms with Crippen LogP contribution < -0.4 is 5.32 Å². The summed E-state index contributed by atoms with van der Waals surface area (Å²) in [5, 5.41) is 13.4. The van der Waals surface area contributed by atoms with Crippen LogP contribution in [0.15, 0.2) is 18.2 Å². The van der Waals surface area contributed by atoms with E-state index in [2.05, 4.69) is 10.3 Å². The molecule has 2 rings (SSSR count). The van der Waals surface area contributed by atoms with Gasteiger partial charge in [-0.25, -0.2) is 9.59 Å². The zero-order chi connectivity index (χ0) is 25.7. The summed E-state index contributed by atoms with van der Waals surface area (Å²) in [5.74, 6) is -1.27. The lowest BCUT2D eigenvalue weighted by molar-refractivity contribution is -0.139. The van der Waals surface area contributed by atoms with E-state index in [1.54, 1.807) is 46.8 Å². The number of benzene rings is 1. The lowest BCUT2D eigenvalue weighted by atomic mass is 10.0. The van der Waals surface area contributed by atoms with E-state index in [0.29, 0.717) is 21.8 Å². The molecule has 188 valence electrons. The molecule has 0 aliphatic heterocycles. The molecular formula is C23H32ClN2O7P. The molecule has 1 amide bonds. The molecule has 0 aliphatic carbocycles. The number of carboxylic acid groups (broad SMARTS) is 1. The SMILES string of the molecule is CCOP(=O)(Cc1cc2cc(C)c(Cl)cc2nc1C[C@@H](NC(=O)OC(C)(C)C)C(=O)O)OCC. The number of nitrogens with one attached hydrogen (secondary N) is 1. The second-order valence-corrected chi connectivity index (χ2v) is 11.2. The van der Waals surface area contributed by atoms with Gasteiger partial charge in [-0.1, -0.05) is 11.6 Å². The number of carboxylic acids is 1. The number of hydrogen-bond donors (Lipinski definition) is 2. The summed E-state index contributed by atoms with van der Waals surface area (Å²) in [6, 6.07) is 3.97. The summed E-state index contributed by atoms with van der Waals surface area (Å²) in [6.45, 7) is 10.7. The summed E-state index contributed by atoms with van der Waals surface area (Å²) in [6.07, 6.45) is -1.15. The van der Waals surface area contributed by atoms with Crippen molar-refractivity contribution in [1.29, 1.82) is 0 Å². The standard InChI is InChI=1S/C23H32ClN2O7P/c1-7-31-34(30,32-8-2)13-16-10-15-9-14(3)17(24)11-18(15)25-19(16)12-20(21(27)28)26-22(29)33-23(4,5)6/h9-11,20H,7-8,12-13H2,1-6H3,(H,26,29)(H,27,28)/t20-/m1/s1. The summed E-state index contributed by atoms with van der Waals surface area (Å²) in [5.41, 5.74) is 1.41. The topological polar surface area (TPSA) is 124 Å². The van der Waals surface area contributed by atoms with Gasteiger partial charge in [-0.2, -0.15) is 0 Å². The van der Waals surface area contributed by atoms with Gasteiger partial charge in [0.15, 0.2) is 0 Å². The Kier molecular flexibility index (Phi) is 9.48. The number of ether oxygens (including phenoxy) is 1. The molecule has 1 atom stereocenters. The minimum Gasteiger partial charge on any atom is -0.480 e. The van der Waals surface area contributed by atoms with E-state index in [4.69, 9.17) is 25.4 Å². The zero-order valence-corrected chi connectivity index (χ0v) is 22.0. The Morgan fingerprint density at radius 1 is 1.18 bits per heavy atom. The average Bonchev–Trinajstić information content (AvgIpc) is 2.68. The van der Waals surface area contributed by atoms with Crippen LogP contribution in [-0.2, 0) is 35.7 Å². The molecule has 1 aromatic heterocycles. The van der Waals surface area contributed by atoms with Gasteiger partial charge in [0, 0.05) is 22.5 Å². The number of pyridine rings is 1. The molecule has 0 spiro atoms. The summed E-state index contributed by atoms with van der Waals surface area (Å²) in [7, 11) is -3.52. The van der Waals surface area contributed by atoms with Crippen LogP contribution in [0.2, 0.25) is 5.02 Å². The number of halogens is 1. The third-order valence-corrected chi connectivity index (χ3v) is 7.10. The van der Waals surface area contributed by atoms with Gasteiger partial charge in [-0.3, -0.25) is 9.55 Å². The first kappa shape index (κ1) is 28.1. The lowest BCUT2D eigenvalue weighted by Crippen LogP contribution is -2.45. The second-order valence-electron chi connectivity index (χ2n) is 8.73. The number of carbonyl (C=O) groups excluding carboxylic acids is 1. The molecule has 1 aromatic carbocycles. The highest BCUT2D eigenvalue weighted by Gasteiger charge is 2.30. The first-order chi connectivity index (χ1) is 15.8. The van der Waals surface area contributed by atoms with Crippen molar-refractivity contribution in [1.82, 2.24) is 10.3 Å². The largest absolute Gasteiger partial charge is 0.480 e. The Bertz CT molecular complexity index is 1090. The molecule has 0 saturated carbocycles. The highest BCUT2D eigenvalue weighted by Crippen LogP contribution is 2.52. The van der Waals surface area contributed by atoms with E-state index in [1.807, 2.05) is 13.0 Å². The Balaban J connectivity index is 2.52. The van der Waals surface area contributed by atoms with Gasteiger partial charge in [0.25, 0.3) is 0 Å². The van der Waals surface area contributed by atoms with Crippen LogP contribution in [0.3, 0.4) is 0 Å². The zero-order valence-electron chi connectivity index (χ0n) is 20.3. The predicted molar refractivity (Wildman–Crippen MR) is 131 cm³/mol. The molecule has 2 N–H and O–H groups in total. The fraction of sp³-hybridized carbons (Fsp3) is 0.522. The van der Waals surface area contributed by atoms with Gasteiger partial charge in [-0.05, 0) is 70.9 Å². The number of nitrogens with zero attached hydrogens (tertiary/aromatic N) is 1. The van der Waals surface area contributed by atoms with Crippen molar-refractivity contribution in [2.24, 2.45) is 0 Å². The van der Waals surface area contributed by atoms with Gasteiger partial charge in [0.2, 0.25) is 0 Å². The molecule has 0 radical (unpaired) electrons. The maximum absolute atomic E-state index is 13.2. The van der Waals surface area contributed by atoms with Crippen LogP contribution in [0, 0.1) is 6.92 Å². The van der Waals surface area contributed by atoms with Gasteiger partial charge in [0.1, 0.15) is 11.6 Å². The van der Waals surface area contributed by atoms with Crippen LogP contribution in [0.25, 0.3) is 10.9 Å². The molecule has 0 bridgehead atoms. The number of alkyl carbamates (subject to hydrolysis) is 1. The van der Waals surface area contributed by atoms with Gasteiger partial charge < -0.3 is 24.2 Å². The predicted octanol–water partition coefficient (Wildman–Crippen LogP) is 5.48. The number of hydrogen-bond acceptors (Lipinski definition) is 7. The van der Waals surface area contributed by atoms with Crippen molar-refractivity contribution in [2.75, 3.05) is 13.2 Å². The van der Waals surface area contributed by atoms with E-state index < -0.39 is 31.3 Å². The summed E-state index contributed by atoms with van der Waals surface area (Å²) in [4.78, 5) is 28.8. The van der Waals surface area contributed by atoms with E-state index in [9.17, 15) is 19.3 Å². The fourth-order valence-corrected chi connectivity index (χ4v) is 5.17. The van der Waals surface area contributed by atoms with Gasteiger partial charge in [0.05, 0.1) is 24.9 Å². The first-order valence-corrected chi connectivity index (χ1v) is 13.1. The molecule has 0 saturated heterocycles. The van der Waals surface area contributed by atoms with Gasteiger partial charge >= 0.3 is 19.7 Å². The number of aryl methyl sites for hydroxylation is 1. The third-order valence-electron chi connectivity index (χ3n) is 4.67. The van der Waals surface area contributed by atoms with Crippen molar-refractivity contribution in [3.63, 3.8) is 0 Å². The van der Waals surface area contributed by atoms with E-state index >= 15 is 0 Å². The number of aliphatic carboxylic acids is 1. The second kappa shape index (κ2) is 11.5. The lowest BCUT2D eigenvalue weighted by Gasteiger charge is -2.23. The van der Waals surface area contributed by atoms with Crippen LogP contribution in [0.5, 0.6) is 0 Å². The number of carbonyl (C=O) groups is 2. The highest BCUT2D eigenvalue weighted by atomic mass is 35.5. The molecule has 0 aliphatic rings. The number of rotatable bonds is 10. The van der Waals surface area contributed by atoms with Crippen molar-refractivity contribution in [3.05, 3.63) is 40.0 Å². The highest BCUT2D eigenvalue weighted by molar-refractivity contribution is 7.53. The van der Waals surface area contributed by atoms with Crippen LogP contribution in [0.4, 0.5) is 4.79 Å². The van der Waals surface area contributed by atoms with Crippen LogP contribution in [0.1, 0.15) is 51.4 Å². The molecule has 0 unspecified atom stereocenters. The minimum atomic E-state index is -3.52.